The fourth-order valence-corrected chi connectivity index (χ4v) is 2.74. The number of alkyl carbamates (subject to hydrolysis) is 1. The lowest BCUT2D eigenvalue weighted by atomic mass is 9.93. The van der Waals surface area contributed by atoms with E-state index in [0.29, 0.717) is 12.8 Å². The van der Waals surface area contributed by atoms with Gasteiger partial charge in [0.2, 0.25) is 0 Å². The number of hydrogen-bond donors (Lipinski definition) is 2. The van der Waals surface area contributed by atoms with E-state index in [4.69, 9.17) is 4.74 Å². The van der Waals surface area contributed by atoms with E-state index in [9.17, 15) is 24.0 Å². The van der Waals surface area contributed by atoms with Crippen LogP contribution in [-0.2, 0) is 30.3 Å². The second-order valence-electron chi connectivity index (χ2n) is 6.57. The molecule has 0 unspecified atom stereocenters. The normalized spacial score (nSPS) is 18.2. The molecule has 1 atom stereocenters. The Hall–Kier alpha value is -3.43. The number of carbonyl (C=O) groups excluding carboxylic acids is 5. The Bertz CT molecular complexity index is 796. The van der Waals surface area contributed by atoms with E-state index in [1.807, 2.05) is 35.6 Å². The largest absolute Gasteiger partial charge is 0.454 e. The molecule has 10 heteroatoms. The Kier molecular flexibility index (Phi) is 7.29. The van der Waals surface area contributed by atoms with Crippen molar-refractivity contribution in [1.82, 2.24) is 15.5 Å². The maximum atomic E-state index is 12.6. The number of hydrogen-bond acceptors (Lipinski definition) is 7. The molecule has 0 bridgehead atoms. The molecule has 2 N–H and O–H groups in total. The van der Waals surface area contributed by atoms with E-state index in [-0.39, 0.29) is 6.61 Å². The van der Waals surface area contributed by atoms with E-state index in [1.165, 1.54) is 0 Å². The first kappa shape index (κ1) is 21.9. The van der Waals surface area contributed by atoms with Crippen LogP contribution in [-0.4, -0.2) is 60.1 Å². The molecule has 0 radical (unpaired) electrons. The predicted molar refractivity (Wildman–Crippen MR) is 99.5 cm³/mol. The summed E-state index contributed by atoms with van der Waals surface area (Å²) in [6.45, 7) is 1.85. The monoisotopic (exact) mass is 405 g/mol. The Morgan fingerprint density at radius 3 is 2.48 bits per heavy atom. The van der Waals surface area contributed by atoms with E-state index in [2.05, 4.69) is 10.1 Å². The SMILES string of the molecule is CCOC(=O)NC(=O)COC(=O)CN1C(=O)N[C@@](C)(CCc2ccccc2)C1=O. The second-order valence-corrected chi connectivity index (χ2v) is 6.57. The van der Waals surface area contributed by atoms with Crippen molar-refractivity contribution in [3.63, 3.8) is 0 Å². The number of aryl methyl sites for hydroxylation is 1. The van der Waals surface area contributed by atoms with Crippen LogP contribution in [0.25, 0.3) is 0 Å². The van der Waals surface area contributed by atoms with Crippen LogP contribution in [0.15, 0.2) is 30.3 Å². The molecule has 0 saturated carbocycles. The number of carbonyl (C=O) groups is 5. The third kappa shape index (κ3) is 6.03. The predicted octanol–water partition coefficient (Wildman–Crippen LogP) is 0.746. The summed E-state index contributed by atoms with van der Waals surface area (Å²) in [6, 6.07) is 8.77. The van der Waals surface area contributed by atoms with Crippen molar-refractivity contribution in [1.29, 1.82) is 0 Å². The molecule has 1 heterocycles. The lowest BCUT2D eigenvalue weighted by Crippen LogP contribution is -2.45. The summed E-state index contributed by atoms with van der Waals surface area (Å²) in [5.74, 6) is -2.40. The van der Waals surface area contributed by atoms with E-state index in [0.717, 1.165) is 10.5 Å². The summed E-state index contributed by atoms with van der Waals surface area (Å²) in [7, 11) is 0. The molecule has 1 aromatic rings. The first-order chi connectivity index (χ1) is 13.7. The highest BCUT2D eigenvalue weighted by Gasteiger charge is 2.48. The summed E-state index contributed by atoms with van der Waals surface area (Å²) in [5.41, 5.74) is -0.129. The smallest absolute Gasteiger partial charge is 0.413 e. The van der Waals surface area contributed by atoms with Gasteiger partial charge in [-0.2, -0.15) is 0 Å². The molecule has 10 nitrogen and oxygen atoms in total. The molecule has 0 aromatic heterocycles. The Labute approximate surface area is 167 Å². The molecule has 1 saturated heterocycles. The van der Waals surface area contributed by atoms with Crippen molar-refractivity contribution in [2.45, 2.75) is 32.2 Å². The van der Waals surface area contributed by atoms with E-state index < -0.39 is 48.6 Å². The van der Waals surface area contributed by atoms with Gasteiger partial charge in [0, 0.05) is 0 Å². The maximum absolute atomic E-state index is 12.6. The van der Waals surface area contributed by atoms with Crippen LogP contribution >= 0.6 is 0 Å². The second kappa shape index (κ2) is 9.67. The summed E-state index contributed by atoms with van der Waals surface area (Å²) in [6.07, 6.45) is -0.0399. The quantitative estimate of drug-likeness (QED) is 0.482. The zero-order valence-corrected chi connectivity index (χ0v) is 16.2. The van der Waals surface area contributed by atoms with Crippen molar-refractivity contribution in [3.05, 3.63) is 35.9 Å². The zero-order chi connectivity index (χ0) is 21.4. The summed E-state index contributed by atoms with van der Waals surface area (Å²) in [5, 5.41) is 4.46. The Morgan fingerprint density at radius 1 is 1.14 bits per heavy atom. The molecule has 1 aromatic carbocycles. The molecule has 5 amide bonds. The third-order valence-corrected chi connectivity index (χ3v) is 4.27. The van der Waals surface area contributed by atoms with Gasteiger partial charge in [-0.05, 0) is 32.3 Å². The lowest BCUT2D eigenvalue weighted by molar-refractivity contribution is -0.151. The summed E-state index contributed by atoms with van der Waals surface area (Å²) < 4.78 is 9.22. The van der Waals surface area contributed by atoms with Crippen molar-refractivity contribution >= 4 is 29.9 Å². The van der Waals surface area contributed by atoms with Gasteiger partial charge >= 0.3 is 18.1 Å². The number of imide groups is 2. The number of ether oxygens (including phenoxy) is 2. The molecule has 1 fully saturated rings. The topological polar surface area (TPSA) is 131 Å². The highest BCUT2D eigenvalue weighted by molar-refractivity contribution is 6.08. The highest BCUT2D eigenvalue weighted by Crippen LogP contribution is 2.23. The van der Waals surface area contributed by atoms with Crippen molar-refractivity contribution in [3.8, 4) is 0 Å². The number of amides is 5. The van der Waals surface area contributed by atoms with Crippen molar-refractivity contribution in [2.75, 3.05) is 19.8 Å². The fourth-order valence-electron chi connectivity index (χ4n) is 2.74. The third-order valence-electron chi connectivity index (χ3n) is 4.27. The van der Waals surface area contributed by atoms with Crippen molar-refractivity contribution in [2.24, 2.45) is 0 Å². The number of esters is 1. The average molecular weight is 405 g/mol. The first-order valence-electron chi connectivity index (χ1n) is 9.05. The maximum Gasteiger partial charge on any atom is 0.413 e. The molecule has 156 valence electrons. The molecular weight excluding hydrogens is 382 g/mol. The number of urea groups is 1. The van der Waals surface area contributed by atoms with Gasteiger partial charge in [0.25, 0.3) is 11.8 Å². The van der Waals surface area contributed by atoms with Crippen LogP contribution in [0, 0.1) is 0 Å². The van der Waals surface area contributed by atoms with Gasteiger partial charge in [-0.15, -0.1) is 0 Å². The highest BCUT2D eigenvalue weighted by atomic mass is 16.6. The van der Waals surface area contributed by atoms with Gasteiger partial charge in [0.05, 0.1) is 6.61 Å². The molecule has 0 spiro atoms. The van der Waals surface area contributed by atoms with Gasteiger partial charge in [0.15, 0.2) is 6.61 Å². The Balaban J connectivity index is 1.85. The molecule has 1 aliphatic heterocycles. The van der Waals surface area contributed by atoms with Crippen LogP contribution in [0.5, 0.6) is 0 Å². The Morgan fingerprint density at radius 2 is 1.83 bits per heavy atom. The van der Waals surface area contributed by atoms with Gasteiger partial charge in [0.1, 0.15) is 12.1 Å². The minimum atomic E-state index is -1.14. The van der Waals surface area contributed by atoms with Gasteiger partial charge in [-0.25, -0.2) is 9.59 Å². The minimum absolute atomic E-state index is 0.0775. The summed E-state index contributed by atoms with van der Waals surface area (Å²) in [4.78, 5) is 60.0. The fraction of sp³-hybridized carbons (Fsp3) is 0.421. The number of nitrogens with zero attached hydrogens (tertiary/aromatic N) is 1. The first-order valence-corrected chi connectivity index (χ1v) is 9.05. The van der Waals surface area contributed by atoms with E-state index in [1.54, 1.807) is 13.8 Å². The van der Waals surface area contributed by atoms with Crippen LogP contribution in [0.2, 0.25) is 0 Å². The van der Waals surface area contributed by atoms with Crippen LogP contribution < -0.4 is 10.6 Å². The minimum Gasteiger partial charge on any atom is -0.454 e. The van der Waals surface area contributed by atoms with E-state index >= 15 is 0 Å². The van der Waals surface area contributed by atoms with Gasteiger partial charge in [-0.1, -0.05) is 30.3 Å². The molecular formula is C19H23N3O7. The van der Waals surface area contributed by atoms with Crippen LogP contribution in [0.3, 0.4) is 0 Å². The number of rotatable bonds is 8. The van der Waals surface area contributed by atoms with Gasteiger partial charge < -0.3 is 14.8 Å². The van der Waals surface area contributed by atoms with Gasteiger partial charge in [-0.3, -0.25) is 24.6 Å². The molecule has 0 aliphatic carbocycles. The standard InChI is InChI=1S/C19H23N3O7/c1-3-28-18(27)20-14(23)12-29-15(24)11-22-16(25)19(2,21-17(22)26)10-9-13-7-5-4-6-8-13/h4-8H,3,9-12H2,1-2H3,(H,21,26)(H,20,23,27)/t19-/m0/s1. The number of benzene rings is 1. The lowest BCUT2D eigenvalue weighted by Gasteiger charge is -2.21. The molecule has 1 aliphatic rings. The summed E-state index contributed by atoms with van der Waals surface area (Å²) >= 11 is 0. The van der Waals surface area contributed by atoms with Crippen LogP contribution in [0.1, 0.15) is 25.8 Å². The zero-order valence-electron chi connectivity index (χ0n) is 16.2. The average Bonchev–Trinajstić information content (AvgIpc) is 2.89. The van der Waals surface area contributed by atoms with Crippen LogP contribution in [0.4, 0.5) is 9.59 Å². The number of nitrogens with one attached hydrogen (secondary N) is 2. The van der Waals surface area contributed by atoms with Crippen molar-refractivity contribution < 1.29 is 33.4 Å². The molecule has 2 rings (SSSR count). The molecule has 29 heavy (non-hydrogen) atoms.